The van der Waals surface area contributed by atoms with Crippen LogP contribution < -0.4 is 16.4 Å². The molecule has 0 fully saturated rings. The average Bonchev–Trinajstić information content (AvgIpc) is 3.49. The van der Waals surface area contributed by atoms with E-state index in [0.29, 0.717) is 23.5 Å². The van der Waals surface area contributed by atoms with E-state index >= 15 is 0 Å². The number of ketones is 1. The topological polar surface area (TPSA) is 102 Å². The maximum absolute atomic E-state index is 13.1. The molecule has 0 radical (unpaired) electrons. The summed E-state index contributed by atoms with van der Waals surface area (Å²) < 4.78 is 1.62. The first kappa shape index (κ1) is 20.7. The highest BCUT2D eigenvalue weighted by Crippen LogP contribution is 2.30. The minimum absolute atomic E-state index is 0.0478. The van der Waals surface area contributed by atoms with Crippen molar-refractivity contribution in [3.63, 3.8) is 0 Å². The number of nitrogen functional groups attached to an aromatic ring is 1. The molecule has 0 bridgehead atoms. The maximum Gasteiger partial charge on any atom is 0.256 e. The molecule has 1 aliphatic rings. The zero-order chi connectivity index (χ0) is 22.8. The van der Waals surface area contributed by atoms with Gasteiger partial charge in [-0.05, 0) is 58.7 Å². The average molecular weight is 438 g/mol. The number of aromatic nitrogens is 2. The lowest BCUT2D eigenvalue weighted by Gasteiger charge is -2.13. The van der Waals surface area contributed by atoms with Crippen LogP contribution in [0.1, 0.15) is 27.5 Å². The number of nitrogens with two attached hydrogens (primary N) is 1. The number of hydrogen-bond donors (Lipinski definition) is 3. The molecule has 1 unspecified atom stereocenters. The summed E-state index contributed by atoms with van der Waals surface area (Å²) in [5.41, 5.74) is 11.4. The van der Waals surface area contributed by atoms with Gasteiger partial charge in [-0.25, -0.2) is 0 Å². The molecule has 0 aliphatic carbocycles. The second-order valence-corrected chi connectivity index (χ2v) is 8.02. The number of rotatable bonds is 6. The van der Waals surface area contributed by atoms with Crippen molar-refractivity contribution >= 4 is 23.1 Å². The van der Waals surface area contributed by atoms with Gasteiger partial charge in [0.05, 0.1) is 6.04 Å². The molecule has 7 nitrogen and oxygen atoms in total. The highest BCUT2D eigenvalue weighted by Gasteiger charge is 2.28. The van der Waals surface area contributed by atoms with Crippen molar-refractivity contribution in [3.8, 4) is 11.1 Å². The van der Waals surface area contributed by atoms with Gasteiger partial charge in [-0.15, -0.1) is 0 Å². The Morgan fingerprint density at radius 1 is 1.06 bits per heavy atom. The quantitative estimate of drug-likeness (QED) is 0.398. The lowest BCUT2D eigenvalue weighted by Crippen LogP contribution is -2.25. The molecular formula is C26H23N5O2. The molecule has 5 rings (SSSR count). The molecule has 4 N–H and O–H groups in total. The van der Waals surface area contributed by atoms with E-state index in [0.717, 1.165) is 22.3 Å². The molecule has 0 spiro atoms. The molecule has 1 aromatic heterocycles. The molecule has 1 amide bonds. The number of nitrogens with one attached hydrogen (secondary N) is 2. The van der Waals surface area contributed by atoms with E-state index in [1.165, 1.54) is 0 Å². The number of nitrogens with zero attached hydrogens (tertiary/aromatic N) is 2. The first-order chi connectivity index (χ1) is 16.1. The lowest BCUT2D eigenvalue weighted by molar-refractivity contribution is -0.121. The Kier molecular flexibility index (Phi) is 5.46. The van der Waals surface area contributed by atoms with Crippen molar-refractivity contribution < 1.29 is 9.59 Å². The number of benzene rings is 3. The van der Waals surface area contributed by atoms with Gasteiger partial charge >= 0.3 is 0 Å². The number of carbonyl (C=O) groups excluding carboxylic acids is 2. The SMILES string of the molecule is Nc1ccc(-c2ccccc2C(=O)Nc2ccc3c(c2)CNC3C(=O)Cn2cccn2)cc1. The molecule has 2 heterocycles. The number of hydrogen-bond acceptors (Lipinski definition) is 5. The third-order valence-electron chi connectivity index (χ3n) is 5.80. The fourth-order valence-corrected chi connectivity index (χ4v) is 4.17. The van der Waals surface area contributed by atoms with Crippen LogP contribution in [0.15, 0.2) is 85.2 Å². The van der Waals surface area contributed by atoms with Gasteiger partial charge in [0.15, 0.2) is 5.78 Å². The van der Waals surface area contributed by atoms with Gasteiger partial charge in [0.25, 0.3) is 5.91 Å². The van der Waals surface area contributed by atoms with Gasteiger partial charge in [-0.1, -0.05) is 36.4 Å². The van der Waals surface area contributed by atoms with Crippen molar-refractivity contribution in [2.75, 3.05) is 11.1 Å². The van der Waals surface area contributed by atoms with E-state index < -0.39 is 0 Å². The summed E-state index contributed by atoms with van der Waals surface area (Å²) in [5.74, 6) is -0.147. The van der Waals surface area contributed by atoms with E-state index in [1.807, 2.05) is 60.7 Å². The van der Waals surface area contributed by atoms with Crippen molar-refractivity contribution in [2.45, 2.75) is 19.1 Å². The minimum Gasteiger partial charge on any atom is -0.399 e. The summed E-state index contributed by atoms with van der Waals surface area (Å²) in [6.07, 6.45) is 3.43. The Morgan fingerprint density at radius 3 is 2.67 bits per heavy atom. The fraction of sp³-hybridized carbons (Fsp3) is 0.115. The van der Waals surface area contributed by atoms with Crippen molar-refractivity contribution in [1.29, 1.82) is 0 Å². The summed E-state index contributed by atoms with van der Waals surface area (Å²) in [6.45, 7) is 0.779. The summed E-state index contributed by atoms with van der Waals surface area (Å²) in [6, 6.07) is 22.0. The summed E-state index contributed by atoms with van der Waals surface area (Å²) in [7, 11) is 0. The van der Waals surface area contributed by atoms with E-state index in [4.69, 9.17) is 5.73 Å². The molecule has 4 aromatic rings. The van der Waals surface area contributed by atoms with Crippen LogP contribution in [0.25, 0.3) is 11.1 Å². The monoisotopic (exact) mass is 437 g/mol. The number of carbonyl (C=O) groups is 2. The molecular weight excluding hydrogens is 414 g/mol. The molecule has 1 atom stereocenters. The van der Waals surface area contributed by atoms with E-state index in [9.17, 15) is 9.59 Å². The number of fused-ring (bicyclic) bond motifs is 1. The second-order valence-electron chi connectivity index (χ2n) is 8.02. The van der Waals surface area contributed by atoms with Gasteiger partial charge in [0.2, 0.25) is 0 Å². The Labute approximate surface area is 191 Å². The van der Waals surface area contributed by atoms with Crippen LogP contribution >= 0.6 is 0 Å². The zero-order valence-electron chi connectivity index (χ0n) is 17.9. The summed E-state index contributed by atoms with van der Waals surface area (Å²) in [4.78, 5) is 25.8. The van der Waals surface area contributed by atoms with Gasteiger partial charge in [-0.2, -0.15) is 5.10 Å². The highest BCUT2D eigenvalue weighted by molar-refractivity contribution is 6.08. The summed E-state index contributed by atoms with van der Waals surface area (Å²) in [5, 5.41) is 10.4. The van der Waals surface area contributed by atoms with Crippen LogP contribution in [0.4, 0.5) is 11.4 Å². The van der Waals surface area contributed by atoms with Crippen LogP contribution in [0, 0.1) is 0 Å². The molecule has 164 valence electrons. The van der Waals surface area contributed by atoms with Crippen LogP contribution in [0.5, 0.6) is 0 Å². The highest BCUT2D eigenvalue weighted by atomic mass is 16.1. The van der Waals surface area contributed by atoms with Crippen molar-refractivity contribution in [1.82, 2.24) is 15.1 Å². The molecule has 1 aliphatic heterocycles. The van der Waals surface area contributed by atoms with Crippen LogP contribution in [0.2, 0.25) is 0 Å². The molecule has 0 saturated heterocycles. The van der Waals surface area contributed by atoms with Crippen LogP contribution in [-0.4, -0.2) is 21.5 Å². The first-order valence-electron chi connectivity index (χ1n) is 10.7. The predicted octanol–water partition coefficient (Wildman–Crippen LogP) is 3.80. The number of Topliss-reactive ketones (excluding diaryl/α,β-unsaturated/α-hetero) is 1. The molecule has 33 heavy (non-hydrogen) atoms. The molecule has 7 heteroatoms. The Bertz CT molecular complexity index is 1310. The molecule has 3 aromatic carbocycles. The van der Waals surface area contributed by atoms with E-state index in [2.05, 4.69) is 15.7 Å². The minimum atomic E-state index is -0.375. The van der Waals surface area contributed by atoms with Gasteiger partial charge in [-0.3, -0.25) is 19.6 Å². The number of amides is 1. The Morgan fingerprint density at radius 2 is 1.88 bits per heavy atom. The van der Waals surface area contributed by atoms with Crippen LogP contribution in [-0.2, 0) is 17.9 Å². The lowest BCUT2D eigenvalue weighted by atomic mass is 9.98. The standard InChI is InChI=1S/C26H23N5O2/c27-19-8-6-17(7-9-19)21-4-1-2-5-23(21)26(33)30-20-10-11-22-18(14-20)15-28-25(22)24(32)16-31-13-3-12-29-31/h1-14,25,28H,15-16,27H2,(H,30,33). The first-order valence-corrected chi connectivity index (χ1v) is 10.7. The predicted molar refractivity (Wildman–Crippen MR) is 128 cm³/mol. The van der Waals surface area contributed by atoms with E-state index in [1.54, 1.807) is 29.2 Å². The van der Waals surface area contributed by atoms with Crippen molar-refractivity contribution in [3.05, 3.63) is 102 Å². The second kappa shape index (κ2) is 8.72. The zero-order valence-corrected chi connectivity index (χ0v) is 17.9. The van der Waals surface area contributed by atoms with Gasteiger partial charge < -0.3 is 11.1 Å². The van der Waals surface area contributed by atoms with Gasteiger partial charge in [0.1, 0.15) is 6.54 Å². The normalized spacial score (nSPS) is 14.6. The smallest absolute Gasteiger partial charge is 0.256 e. The number of anilines is 2. The van der Waals surface area contributed by atoms with Crippen LogP contribution in [0.3, 0.4) is 0 Å². The largest absolute Gasteiger partial charge is 0.399 e. The Hall–Kier alpha value is -4.23. The fourth-order valence-electron chi connectivity index (χ4n) is 4.17. The summed E-state index contributed by atoms with van der Waals surface area (Å²) >= 11 is 0. The van der Waals surface area contributed by atoms with Gasteiger partial charge in [0, 0.05) is 35.9 Å². The molecule has 0 saturated carbocycles. The maximum atomic E-state index is 13.1. The Balaban J connectivity index is 1.34. The third-order valence-corrected chi connectivity index (χ3v) is 5.80. The van der Waals surface area contributed by atoms with Crippen molar-refractivity contribution in [2.24, 2.45) is 0 Å². The third kappa shape index (κ3) is 4.26. The van der Waals surface area contributed by atoms with E-state index in [-0.39, 0.29) is 24.3 Å².